The molecule has 0 fully saturated rings. The third-order valence-electron chi connectivity index (χ3n) is 2.88. The summed E-state index contributed by atoms with van der Waals surface area (Å²) in [6, 6.07) is 8.62. The third kappa shape index (κ3) is 5.64. The van der Waals surface area contributed by atoms with Crippen LogP contribution in [0, 0.1) is 0 Å². The van der Waals surface area contributed by atoms with Gasteiger partial charge in [0.1, 0.15) is 5.54 Å². The molecule has 1 aromatic carbocycles. The second-order valence-electron chi connectivity index (χ2n) is 5.20. The fraction of sp³-hybridized carbons (Fsp3) is 0.400. The Morgan fingerprint density at radius 2 is 1.76 bits per heavy atom. The molecule has 21 heavy (non-hydrogen) atoms. The minimum atomic E-state index is -1.07. The van der Waals surface area contributed by atoms with Crippen LogP contribution in [0.15, 0.2) is 30.3 Å². The topological polar surface area (TPSA) is 95.5 Å². The lowest BCUT2D eigenvalue weighted by Crippen LogP contribution is -2.54. The molecule has 114 valence electrons. The lowest BCUT2D eigenvalue weighted by atomic mass is 10.0. The van der Waals surface area contributed by atoms with Gasteiger partial charge in [0, 0.05) is 18.5 Å². The van der Waals surface area contributed by atoms with Crippen LogP contribution >= 0.6 is 0 Å². The molecular formula is C15H20N2O4. The van der Waals surface area contributed by atoms with Crippen LogP contribution in [0.3, 0.4) is 0 Å². The smallest absolute Gasteiger partial charge is 0.303 e. The zero-order valence-electron chi connectivity index (χ0n) is 12.2. The first kappa shape index (κ1) is 16.7. The van der Waals surface area contributed by atoms with Crippen molar-refractivity contribution in [2.75, 3.05) is 6.54 Å². The highest BCUT2D eigenvalue weighted by Gasteiger charge is 2.29. The zero-order chi connectivity index (χ0) is 15.9. The van der Waals surface area contributed by atoms with Crippen molar-refractivity contribution in [2.45, 2.75) is 32.2 Å². The monoisotopic (exact) mass is 292 g/mol. The highest BCUT2D eigenvalue weighted by Crippen LogP contribution is 2.06. The van der Waals surface area contributed by atoms with Crippen LogP contribution in [0.1, 0.15) is 37.0 Å². The maximum atomic E-state index is 12.0. The summed E-state index contributed by atoms with van der Waals surface area (Å²) in [4.78, 5) is 34.4. The molecule has 0 aromatic heterocycles. The number of hydrogen-bond donors (Lipinski definition) is 3. The molecule has 6 heteroatoms. The Hall–Kier alpha value is -2.37. The molecule has 0 bridgehead atoms. The molecule has 0 saturated heterocycles. The molecule has 0 aliphatic carbocycles. The number of amides is 2. The Labute approximate surface area is 123 Å². The molecule has 0 unspecified atom stereocenters. The number of carbonyl (C=O) groups excluding carboxylic acids is 2. The Balaban J connectivity index is 2.50. The predicted molar refractivity (Wildman–Crippen MR) is 77.9 cm³/mol. The molecule has 0 aliphatic heterocycles. The molecule has 2 amide bonds. The van der Waals surface area contributed by atoms with E-state index in [-0.39, 0.29) is 24.8 Å². The van der Waals surface area contributed by atoms with Crippen molar-refractivity contribution in [3.8, 4) is 0 Å². The van der Waals surface area contributed by atoms with Gasteiger partial charge in [-0.1, -0.05) is 18.2 Å². The highest BCUT2D eigenvalue weighted by molar-refractivity contribution is 5.98. The normalized spacial score (nSPS) is 10.8. The summed E-state index contributed by atoms with van der Waals surface area (Å²) in [5, 5.41) is 13.8. The molecular weight excluding hydrogens is 272 g/mol. The molecule has 0 saturated carbocycles. The van der Waals surface area contributed by atoms with E-state index in [1.807, 2.05) is 0 Å². The maximum Gasteiger partial charge on any atom is 0.303 e. The van der Waals surface area contributed by atoms with Gasteiger partial charge in [0.2, 0.25) is 5.91 Å². The fourth-order valence-corrected chi connectivity index (χ4v) is 1.66. The van der Waals surface area contributed by atoms with E-state index in [0.29, 0.717) is 12.0 Å². The number of hydrogen-bond acceptors (Lipinski definition) is 3. The molecule has 3 N–H and O–H groups in total. The van der Waals surface area contributed by atoms with Crippen molar-refractivity contribution in [1.29, 1.82) is 0 Å². The highest BCUT2D eigenvalue weighted by atomic mass is 16.4. The van der Waals surface area contributed by atoms with Crippen LogP contribution < -0.4 is 10.6 Å². The van der Waals surface area contributed by atoms with Crippen molar-refractivity contribution >= 4 is 17.8 Å². The summed E-state index contributed by atoms with van der Waals surface area (Å²) in [7, 11) is 0. The molecule has 1 rings (SSSR count). The van der Waals surface area contributed by atoms with Gasteiger partial charge in [-0.3, -0.25) is 14.4 Å². The van der Waals surface area contributed by atoms with Gasteiger partial charge in [-0.05, 0) is 32.4 Å². The Bertz CT molecular complexity index is 512. The molecule has 0 aliphatic rings. The number of aliphatic carboxylic acids is 1. The third-order valence-corrected chi connectivity index (χ3v) is 2.88. The van der Waals surface area contributed by atoms with Gasteiger partial charge < -0.3 is 15.7 Å². The lowest BCUT2D eigenvalue weighted by Gasteiger charge is -2.25. The van der Waals surface area contributed by atoms with Crippen LogP contribution in [0.2, 0.25) is 0 Å². The van der Waals surface area contributed by atoms with E-state index in [2.05, 4.69) is 10.6 Å². The van der Waals surface area contributed by atoms with E-state index in [4.69, 9.17) is 5.11 Å². The van der Waals surface area contributed by atoms with Crippen LogP contribution in [0.25, 0.3) is 0 Å². The molecule has 6 nitrogen and oxygen atoms in total. The second-order valence-corrected chi connectivity index (χ2v) is 5.20. The average molecular weight is 292 g/mol. The maximum absolute atomic E-state index is 12.0. The van der Waals surface area contributed by atoms with Gasteiger partial charge in [-0.25, -0.2) is 0 Å². The van der Waals surface area contributed by atoms with Gasteiger partial charge in [0.15, 0.2) is 0 Å². The summed E-state index contributed by atoms with van der Waals surface area (Å²) >= 11 is 0. The number of benzene rings is 1. The van der Waals surface area contributed by atoms with E-state index in [9.17, 15) is 14.4 Å². The summed E-state index contributed by atoms with van der Waals surface area (Å²) in [5.74, 6) is -1.58. The first-order valence-corrected chi connectivity index (χ1v) is 6.70. The van der Waals surface area contributed by atoms with Crippen molar-refractivity contribution in [3.63, 3.8) is 0 Å². The van der Waals surface area contributed by atoms with Gasteiger partial charge >= 0.3 is 5.97 Å². The minimum absolute atomic E-state index is 0.00289. The molecule has 0 spiro atoms. The van der Waals surface area contributed by atoms with Crippen LogP contribution in [-0.4, -0.2) is 35.0 Å². The number of nitrogens with one attached hydrogen (secondary N) is 2. The van der Waals surface area contributed by atoms with E-state index in [1.54, 1.807) is 44.2 Å². The number of rotatable bonds is 7. The van der Waals surface area contributed by atoms with E-state index >= 15 is 0 Å². The SMILES string of the molecule is CC(C)(NC(=O)c1ccccc1)C(=O)NCCCC(=O)O. The minimum Gasteiger partial charge on any atom is -0.481 e. The molecule has 0 heterocycles. The van der Waals surface area contributed by atoms with Crippen molar-refractivity contribution in [2.24, 2.45) is 0 Å². The zero-order valence-corrected chi connectivity index (χ0v) is 12.2. The van der Waals surface area contributed by atoms with E-state index in [1.165, 1.54) is 0 Å². The quantitative estimate of drug-likeness (QED) is 0.657. The lowest BCUT2D eigenvalue weighted by molar-refractivity contribution is -0.137. The first-order chi connectivity index (χ1) is 9.83. The summed E-state index contributed by atoms with van der Waals surface area (Å²) in [6.07, 6.45) is 0.348. The van der Waals surface area contributed by atoms with E-state index < -0.39 is 11.5 Å². The van der Waals surface area contributed by atoms with Crippen molar-refractivity contribution in [1.82, 2.24) is 10.6 Å². The van der Waals surface area contributed by atoms with Crippen LogP contribution in [0.4, 0.5) is 0 Å². The number of carbonyl (C=O) groups is 3. The van der Waals surface area contributed by atoms with Crippen LogP contribution in [-0.2, 0) is 9.59 Å². The van der Waals surface area contributed by atoms with Gasteiger partial charge in [0.05, 0.1) is 0 Å². The predicted octanol–water partition coefficient (Wildman–Crippen LogP) is 1.18. The van der Waals surface area contributed by atoms with Crippen molar-refractivity contribution in [3.05, 3.63) is 35.9 Å². The van der Waals surface area contributed by atoms with Gasteiger partial charge in [-0.15, -0.1) is 0 Å². The summed E-state index contributed by atoms with van der Waals surface area (Å²) in [5.41, 5.74) is -0.597. The molecule has 1 aromatic rings. The van der Waals surface area contributed by atoms with E-state index in [0.717, 1.165) is 0 Å². The Morgan fingerprint density at radius 3 is 2.33 bits per heavy atom. The number of carboxylic acids is 1. The fourth-order valence-electron chi connectivity index (χ4n) is 1.66. The summed E-state index contributed by atoms with van der Waals surface area (Å²) < 4.78 is 0. The Kier molecular flexibility index (Phi) is 5.90. The van der Waals surface area contributed by atoms with Gasteiger partial charge in [-0.2, -0.15) is 0 Å². The molecule has 0 radical (unpaired) electrons. The second kappa shape index (κ2) is 7.42. The first-order valence-electron chi connectivity index (χ1n) is 6.70. The largest absolute Gasteiger partial charge is 0.481 e. The number of carboxylic acid groups (broad SMARTS) is 1. The summed E-state index contributed by atoms with van der Waals surface area (Å²) in [6.45, 7) is 3.45. The molecule has 0 atom stereocenters. The van der Waals surface area contributed by atoms with Gasteiger partial charge in [0.25, 0.3) is 5.91 Å². The standard InChI is InChI=1S/C15H20N2O4/c1-15(2,14(21)16-10-6-9-12(18)19)17-13(20)11-7-4-3-5-8-11/h3-5,7-8H,6,9-10H2,1-2H3,(H,16,21)(H,17,20)(H,18,19). The van der Waals surface area contributed by atoms with Crippen LogP contribution in [0.5, 0.6) is 0 Å². The Morgan fingerprint density at radius 1 is 1.14 bits per heavy atom. The van der Waals surface area contributed by atoms with Crippen molar-refractivity contribution < 1.29 is 19.5 Å². The average Bonchev–Trinajstić information content (AvgIpc) is 2.43.